The number of hydrazone groups is 1. The fourth-order valence-electron chi connectivity index (χ4n) is 4.10. The van der Waals surface area contributed by atoms with Crippen LogP contribution in [0.25, 0.3) is 0 Å². The predicted molar refractivity (Wildman–Crippen MR) is 125 cm³/mol. The first kappa shape index (κ1) is 21.5. The number of fused-ring (bicyclic) bond motifs is 2. The molecule has 1 aliphatic carbocycles. The van der Waals surface area contributed by atoms with Gasteiger partial charge in [-0.05, 0) is 44.0 Å². The Morgan fingerprint density at radius 1 is 1.03 bits per heavy atom. The first-order valence-electron chi connectivity index (χ1n) is 10.9. The lowest BCUT2D eigenvalue weighted by Gasteiger charge is -2.18. The summed E-state index contributed by atoms with van der Waals surface area (Å²) in [6.45, 7) is 2.80. The first-order chi connectivity index (χ1) is 16.5. The van der Waals surface area contributed by atoms with Gasteiger partial charge in [0.2, 0.25) is 0 Å². The second-order valence-electron chi connectivity index (χ2n) is 7.99. The Morgan fingerprint density at radius 2 is 1.76 bits per heavy atom. The van der Waals surface area contributed by atoms with E-state index in [4.69, 9.17) is 13.9 Å². The average Bonchev–Trinajstić information content (AvgIpc) is 3.20. The van der Waals surface area contributed by atoms with Crippen molar-refractivity contribution in [3.8, 4) is 11.5 Å². The molecule has 2 aliphatic rings. The highest BCUT2D eigenvalue weighted by Gasteiger charge is 2.28. The van der Waals surface area contributed by atoms with Gasteiger partial charge in [-0.2, -0.15) is 5.10 Å². The van der Waals surface area contributed by atoms with Crippen LogP contribution in [-0.4, -0.2) is 29.8 Å². The zero-order valence-electron chi connectivity index (χ0n) is 18.4. The number of nitrogens with one attached hydrogen (secondary N) is 2. The molecular weight excluding hydrogens is 440 g/mol. The van der Waals surface area contributed by atoms with Crippen LogP contribution in [0.2, 0.25) is 0 Å². The maximum atomic E-state index is 13.0. The third-order valence-electron chi connectivity index (χ3n) is 5.73. The molecule has 0 saturated heterocycles. The van der Waals surface area contributed by atoms with Crippen LogP contribution in [-0.2, 0) is 6.42 Å². The fraction of sp³-hybridized carbons (Fsp3) is 0.250. The number of carbonyl (C=O) groups excluding carboxylic acids is 1. The third-order valence-corrected chi connectivity index (χ3v) is 5.73. The summed E-state index contributed by atoms with van der Waals surface area (Å²) in [5, 5.41) is 18.2. The lowest BCUT2D eigenvalue weighted by atomic mass is 9.93. The zero-order chi connectivity index (χ0) is 23.7. The van der Waals surface area contributed by atoms with Gasteiger partial charge in [0.1, 0.15) is 19.0 Å². The quantitative estimate of drug-likeness (QED) is 0.416. The molecule has 0 bridgehead atoms. The van der Waals surface area contributed by atoms with Gasteiger partial charge in [0, 0.05) is 41.4 Å². The smallest absolute Gasteiger partial charge is 0.291 e. The van der Waals surface area contributed by atoms with Crippen molar-refractivity contribution in [3.63, 3.8) is 0 Å². The van der Waals surface area contributed by atoms with E-state index in [2.05, 4.69) is 15.8 Å². The summed E-state index contributed by atoms with van der Waals surface area (Å²) in [6.07, 6.45) is 2.27. The molecule has 0 saturated carbocycles. The molecule has 2 N–H and O–H groups in total. The molecule has 1 amide bonds. The summed E-state index contributed by atoms with van der Waals surface area (Å²) in [5.41, 5.74) is 6.49. The van der Waals surface area contributed by atoms with Crippen LogP contribution in [0.4, 0.5) is 17.1 Å². The van der Waals surface area contributed by atoms with E-state index >= 15 is 0 Å². The molecular formula is C24H22N4O6. The van der Waals surface area contributed by atoms with Crippen molar-refractivity contribution < 1.29 is 23.6 Å². The number of amides is 1. The molecule has 10 heteroatoms. The summed E-state index contributed by atoms with van der Waals surface area (Å²) in [5.74, 6) is 1.85. The Morgan fingerprint density at radius 3 is 2.53 bits per heavy atom. The van der Waals surface area contributed by atoms with Crippen molar-refractivity contribution in [1.82, 2.24) is 0 Å². The van der Waals surface area contributed by atoms with Crippen LogP contribution in [0.1, 0.15) is 40.3 Å². The molecule has 0 spiro atoms. The highest BCUT2D eigenvalue weighted by atomic mass is 16.6. The van der Waals surface area contributed by atoms with Crippen molar-refractivity contribution in [2.45, 2.75) is 26.2 Å². The van der Waals surface area contributed by atoms with Crippen LogP contribution in [0, 0.1) is 17.0 Å². The Bertz CT molecular complexity index is 1300. The van der Waals surface area contributed by atoms with Gasteiger partial charge in [-0.1, -0.05) is 0 Å². The van der Waals surface area contributed by atoms with Crippen molar-refractivity contribution in [2.75, 3.05) is 24.0 Å². The number of hydrogen-bond donors (Lipinski definition) is 2. The number of nitrogens with zero attached hydrogens (tertiary/aromatic N) is 2. The van der Waals surface area contributed by atoms with Gasteiger partial charge in [0.25, 0.3) is 11.6 Å². The van der Waals surface area contributed by atoms with Gasteiger partial charge in [0.15, 0.2) is 17.3 Å². The molecule has 5 rings (SSSR count). The molecule has 0 atom stereocenters. The Balaban J connectivity index is 1.36. The van der Waals surface area contributed by atoms with Crippen LogP contribution in [0.3, 0.4) is 0 Å². The second-order valence-corrected chi connectivity index (χ2v) is 7.99. The number of nitro benzene ring substituents is 1. The minimum Gasteiger partial charge on any atom is -0.486 e. The average molecular weight is 462 g/mol. The van der Waals surface area contributed by atoms with Crippen LogP contribution in [0.15, 0.2) is 52.0 Å². The van der Waals surface area contributed by atoms with E-state index in [1.807, 2.05) is 6.92 Å². The van der Waals surface area contributed by atoms with E-state index in [9.17, 15) is 14.9 Å². The van der Waals surface area contributed by atoms with Crippen molar-refractivity contribution in [2.24, 2.45) is 5.10 Å². The predicted octanol–water partition coefficient (Wildman–Crippen LogP) is 4.67. The largest absolute Gasteiger partial charge is 0.486 e. The summed E-state index contributed by atoms with van der Waals surface area (Å²) in [6, 6.07) is 11.3. The van der Waals surface area contributed by atoms with Gasteiger partial charge in [-0.25, -0.2) is 0 Å². The van der Waals surface area contributed by atoms with Crippen LogP contribution >= 0.6 is 0 Å². The molecule has 174 valence electrons. The van der Waals surface area contributed by atoms with Crippen molar-refractivity contribution in [3.05, 3.63) is 75.2 Å². The van der Waals surface area contributed by atoms with Crippen LogP contribution in [0.5, 0.6) is 11.5 Å². The maximum Gasteiger partial charge on any atom is 0.291 e. The van der Waals surface area contributed by atoms with Gasteiger partial charge in [-0.15, -0.1) is 0 Å². The molecule has 0 radical (unpaired) electrons. The number of ether oxygens (including phenoxy) is 2. The third kappa shape index (κ3) is 4.17. The summed E-state index contributed by atoms with van der Waals surface area (Å²) in [4.78, 5) is 23.4. The monoisotopic (exact) mass is 462 g/mol. The minimum atomic E-state index is -0.449. The van der Waals surface area contributed by atoms with Crippen molar-refractivity contribution in [1.29, 1.82) is 0 Å². The number of aryl methyl sites for hydroxylation is 1. The lowest BCUT2D eigenvalue weighted by molar-refractivity contribution is -0.384. The lowest BCUT2D eigenvalue weighted by Crippen LogP contribution is -2.16. The molecule has 1 aromatic heterocycles. The van der Waals surface area contributed by atoms with Gasteiger partial charge >= 0.3 is 0 Å². The molecule has 0 unspecified atom stereocenters. The van der Waals surface area contributed by atoms with Gasteiger partial charge in [0.05, 0.1) is 16.3 Å². The van der Waals surface area contributed by atoms with E-state index in [-0.39, 0.29) is 17.4 Å². The summed E-state index contributed by atoms with van der Waals surface area (Å²) < 4.78 is 17.1. The van der Waals surface area contributed by atoms with E-state index in [1.165, 1.54) is 12.1 Å². The van der Waals surface area contributed by atoms with E-state index in [1.54, 1.807) is 30.3 Å². The Kier molecular flexibility index (Phi) is 5.62. The number of non-ortho nitro benzene ring substituents is 1. The van der Waals surface area contributed by atoms with E-state index < -0.39 is 4.92 Å². The topological polar surface area (TPSA) is 128 Å². The SMILES string of the molecule is Cc1c(C(=O)Nc2ccc3c(c2)OCCO3)oc2c1/C(=N/Nc1ccc([N+](=O)[O-])cc1)CCC2. The number of rotatable bonds is 5. The highest BCUT2D eigenvalue weighted by Crippen LogP contribution is 2.34. The Hall–Kier alpha value is -4.34. The minimum absolute atomic E-state index is 0.0116. The fourth-order valence-corrected chi connectivity index (χ4v) is 4.10. The second kappa shape index (κ2) is 8.89. The number of nitro groups is 1. The van der Waals surface area contributed by atoms with Crippen LogP contribution < -0.4 is 20.2 Å². The molecule has 3 aromatic rings. The van der Waals surface area contributed by atoms with Gasteiger partial charge in [-0.3, -0.25) is 20.3 Å². The number of benzene rings is 2. The maximum absolute atomic E-state index is 13.0. The zero-order valence-corrected chi connectivity index (χ0v) is 18.4. The van der Waals surface area contributed by atoms with Gasteiger partial charge < -0.3 is 19.2 Å². The Labute approximate surface area is 194 Å². The first-order valence-corrected chi connectivity index (χ1v) is 10.9. The molecule has 2 aromatic carbocycles. The number of furan rings is 1. The van der Waals surface area contributed by atoms with Crippen molar-refractivity contribution >= 4 is 28.7 Å². The summed E-state index contributed by atoms with van der Waals surface area (Å²) in [7, 11) is 0. The number of hydrogen-bond acceptors (Lipinski definition) is 8. The molecule has 34 heavy (non-hydrogen) atoms. The standard InChI is InChI=1S/C24H22N4O6/c1-14-22-18(27-26-15-5-8-17(9-6-15)28(30)31)3-2-4-20(22)34-23(14)24(29)25-16-7-10-19-21(13-16)33-12-11-32-19/h5-10,13,26H,2-4,11-12H2,1H3,(H,25,29)/b27-18+. The normalized spacial score (nSPS) is 15.5. The molecule has 0 fully saturated rings. The number of carbonyl (C=O) groups is 1. The summed E-state index contributed by atoms with van der Waals surface area (Å²) >= 11 is 0. The number of anilines is 2. The highest BCUT2D eigenvalue weighted by molar-refractivity contribution is 6.09. The molecule has 1 aliphatic heterocycles. The van der Waals surface area contributed by atoms with E-state index in [0.29, 0.717) is 48.1 Å². The molecule has 2 heterocycles. The van der Waals surface area contributed by atoms with E-state index in [0.717, 1.165) is 29.9 Å². The molecule has 10 nitrogen and oxygen atoms in total.